The Bertz CT molecular complexity index is 944. The Kier molecular flexibility index (Phi) is 11.0. The molecule has 5 atom stereocenters. The van der Waals surface area contributed by atoms with E-state index in [-0.39, 0.29) is 35.1 Å². The van der Waals surface area contributed by atoms with Crippen LogP contribution in [0, 0.1) is 17.3 Å². The van der Waals surface area contributed by atoms with Crippen molar-refractivity contribution in [3.8, 4) is 0 Å². The Hall–Kier alpha value is -1.80. The molecule has 0 aromatic carbocycles. The lowest BCUT2D eigenvalue weighted by atomic mass is 9.71. The van der Waals surface area contributed by atoms with Gasteiger partial charge in [0, 0.05) is 30.5 Å². The lowest BCUT2D eigenvalue weighted by Gasteiger charge is -2.46. The Labute approximate surface area is 246 Å². The van der Waals surface area contributed by atoms with E-state index in [1.165, 1.54) is 0 Å². The first kappa shape index (κ1) is 32.7. The van der Waals surface area contributed by atoms with Crippen molar-refractivity contribution in [3.63, 3.8) is 0 Å². The number of hydrogen-bond acceptors (Lipinski definition) is 6. The van der Waals surface area contributed by atoms with Crippen LogP contribution in [0.15, 0.2) is 25.3 Å². The molecule has 3 aliphatic rings. The van der Waals surface area contributed by atoms with Crippen LogP contribution in [0.2, 0.25) is 0 Å². The second-order valence-corrected chi connectivity index (χ2v) is 15.2. The molecule has 3 aliphatic heterocycles. The molecule has 3 saturated heterocycles. The van der Waals surface area contributed by atoms with Crippen molar-refractivity contribution in [1.29, 1.82) is 0 Å². The highest BCUT2D eigenvalue weighted by atomic mass is 32.2. The van der Waals surface area contributed by atoms with Crippen LogP contribution in [0.4, 0.5) is 0 Å². The van der Waals surface area contributed by atoms with Gasteiger partial charge in [-0.15, -0.1) is 24.9 Å². The average Bonchev–Trinajstić information content (AvgIpc) is 3.50. The number of fused-ring (bicyclic) bond motifs is 1. The fraction of sp³-hybridized carbons (Fsp3) is 0.781. The topological polar surface area (TPSA) is 87.2 Å². The molecule has 0 aromatic rings. The smallest absolute Gasteiger partial charge is 0.310 e. The number of ether oxygens (including phenoxy) is 1. The number of likely N-dealkylation sites (tertiary alicyclic amines) is 1. The number of unbranched alkanes of at least 4 members (excludes halogenated alkanes) is 4. The number of thioether (sulfide) groups is 1. The maximum absolute atomic E-state index is 14.7. The summed E-state index contributed by atoms with van der Waals surface area (Å²) in [5.41, 5.74) is -0.449. The van der Waals surface area contributed by atoms with Gasteiger partial charge in [-0.1, -0.05) is 32.9 Å². The SMILES string of the molecule is C=CCCCCOC(=O)[C@@H]1[C@@H]2CCC3(S2)C(C(=O)N(CC=C)C(C)(C)CC(C)(C)C)N(CCCCCO)C(=O)[C@H]13. The molecule has 2 unspecified atom stereocenters. The molecule has 0 saturated carbocycles. The highest BCUT2D eigenvalue weighted by molar-refractivity contribution is 8.02. The van der Waals surface area contributed by atoms with Gasteiger partial charge >= 0.3 is 5.97 Å². The normalized spacial score (nSPS) is 27.6. The van der Waals surface area contributed by atoms with Crippen LogP contribution >= 0.6 is 11.8 Å². The number of carbonyl (C=O) groups is 3. The minimum Gasteiger partial charge on any atom is -0.465 e. The zero-order chi connectivity index (χ0) is 29.7. The molecule has 1 spiro atoms. The Balaban J connectivity index is 1.94. The minimum atomic E-state index is -0.626. The number of amides is 2. The summed E-state index contributed by atoms with van der Waals surface area (Å²) in [6, 6.07) is -0.626. The van der Waals surface area contributed by atoms with Gasteiger partial charge in [-0.05, 0) is 77.0 Å². The third-order valence-corrected chi connectivity index (χ3v) is 10.6. The Morgan fingerprint density at radius 1 is 1.12 bits per heavy atom. The molecule has 0 radical (unpaired) electrons. The van der Waals surface area contributed by atoms with Crippen molar-refractivity contribution in [2.45, 2.75) is 114 Å². The van der Waals surface area contributed by atoms with E-state index in [0.29, 0.717) is 32.5 Å². The standard InChI is InChI=1S/C32H52N2O5S/c1-8-10-11-15-21-39-29(38)24-23-16-17-32(40-23)25(24)27(36)33(19-13-12-14-20-35)26(32)28(37)34(18-9-2)31(6,7)22-30(3,4)5/h8-9,23-26,35H,1-2,10-22H2,3-7H3/t23-,24+,25-,26?,32?/m0/s1. The highest BCUT2D eigenvalue weighted by Gasteiger charge is 2.74. The third kappa shape index (κ3) is 6.80. The van der Waals surface area contributed by atoms with Crippen LogP contribution in [-0.2, 0) is 19.1 Å². The zero-order valence-corrected chi connectivity index (χ0v) is 26.3. The number of carbonyl (C=O) groups excluding carboxylic acids is 3. The van der Waals surface area contributed by atoms with E-state index >= 15 is 0 Å². The van der Waals surface area contributed by atoms with Gasteiger partial charge in [0.1, 0.15) is 6.04 Å². The van der Waals surface area contributed by atoms with E-state index in [1.54, 1.807) is 22.7 Å². The van der Waals surface area contributed by atoms with E-state index < -0.39 is 28.2 Å². The maximum atomic E-state index is 14.7. The second-order valence-electron chi connectivity index (χ2n) is 13.6. The van der Waals surface area contributed by atoms with Crippen molar-refractivity contribution < 1.29 is 24.2 Å². The highest BCUT2D eigenvalue weighted by Crippen LogP contribution is 2.66. The first-order valence-corrected chi connectivity index (χ1v) is 16.0. The molecule has 1 N–H and O–H groups in total. The largest absolute Gasteiger partial charge is 0.465 e. The van der Waals surface area contributed by atoms with Gasteiger partial charge in [-0.25, -0.2) is 0 Å². The van der Waals surface area contributed by atoms with Crippen LogP contribution in [0.1, 0.15) is 92.4 Å². The first-order chi connectivity index (χ1) is 18.8. The van der Waals surface area contributed by atoms with Gasteiger partial charge in [0.15, 0.2) is 0 Å². The molecule has 3 rings (SSSR count). The number of nitrogens with zero attached hydrogens (tertiary/aromatic N) is 2. The van der Waals surface area contributed by atoms with E-state index in [4.69, 9.17) is 4.74 Å². The summed E-state index contributed by atoms with van der Waals surface area (Å²) in [7, 11) is 0. The van der Waals surface area contributed by atoms with Gasteiger partial charge in [0.25, 0.3) is 0 Å². The van der Waals surface area contributed by atoms with Gasteiger partial charge in [0.05, 0.1) is 23.2 Å². The Morgan fingerprint density at radius 2 is 1.85 bits per heavy atom. The Morgan fingerprint density at radius 3 is 2.48 bits per heavy atom. The minimum absolute atomic E-state index is 0.000582. The van der Waals surface area contributed by atoms with Crippen molar-refractivity contribution in [2.75, 3.05) is 26.3 Å². The summed E-state index contributed by atoms with van der Waals surface area (Å²) >= 11 is 1.69. The summed E-state index contributed by atoms with van der Waals surface area (Å²) in [6.45, 7) is 19.7. The van der Waals surface area contributed by atoms with Crippen LogP contribution in [-0.4, -0.2) is 80.6 Å². The van der Waals surface area contributed by atoms with Crippen molar-refractivity contribution in [2.24, 2.45) is 17.3 Å². The van der Waals surface area contributed by atoms with E-state index in [1.807, 2.05) is 11.0 Å². The first-order valence-electron chi connectivity index (χ1n) is 15.1. The van der Waals surface area contributed by atoms with Gasteiger partial charge < -0.3 is 19.6 Å². The number of aliphatic hydroxyl groups is 1. The number of hydrogen-bond donors (Lipinski definition) is 1. The molecule has 3 heterocycles. The molecular formula is C32H52N2O5S. The molecule has 0 aliphatic carbocycles. The van der Waals surface area contributed by atoms with E-state index in [0.717, 1.165) is 44.9 Å². The molecule has 0 aromatic heterocycles. The van der Waals surface area contributed by atoms with E-state index in [2.05, 4.69) is 47.8 Å². The summed E-state index contributed by atoms with van der Waals surface area (Å²) in [5, 5.41) is 9.28. The molecule has 7 nitrogen and oxygen atoms in total. The molecule has 226 valence electrons. The summed E-state index contributed by atoms with van der Waals surface area (Å²) in [6.07, 6.45) is 10.7. The lowest BCUT2D eigenvalue weighted by molar-refractivity contribution is -0.154. The average molecular weight is 577 g/mol. The van der Waals surface area contributed by atoms with Crippen molar-refractivity contribution in [1.82, 2.24) is 9.80 Å². The predicted molar refractivity (Wildman–Crippen MR) is 162 cm³/mol. The molecule has 2 bridgehead atoms. The summed E-state index contributed by atoms with van der Waals surface area (Å²) in [4.78, 5) is 46.0. The van der Waals surface area contributed by atoms with Crippen LogP contribution in [0.3, 0.4) is 0 Å². The molecule has 40 heavy (non-hydrogen) atoms. The molecule has 8 heteroatoms. The monoisotopic (exact) mass is 576 g/mol. The third-order valence-electron chi connectivity index (χ3n) is 8.68. The van der Waals surface area contributed by atoms with E-state index in [9.17, 15) is 19.5 Å². The summed E-state index contributed by atoms with van der Waals surface area (Å²) < 4.78 is 5.10. The predicted octanol–water partition coefficient (Wildman–Crippen LogP) is 5.37. The van der Waals surface area contributed by atoms with Crippen molar-refractivity contribution >= 4 is 29.5 Å². The van der Waals surface area contributed by atoms with Gasteiger partial charge in [-0.2, -0.15) is 0 Å². The zero-order valence-electron chi connectivity index (χ0n) is 25.5. The van der Waals surface area contributed by atoms with Crippen LogP contribution in [0.25, 0.3) is 0 Å². The second kappa shape index (κ2) is 13.5. The molecular weight excluding hydrogens is 524 g/mol. The fourth-order valence-electron chi connectivity index (χ4n) is 7.48. The van der Waals surface area contributed by atoms with Crippen molar-refractivity contribution in [3.05, 3.63) is 25.3 Å². The molecule has 2 amide bonds. The number of allylic oxidation sites excluding steroid dienone is 1. The fourth-order valence-corrected chi connectivity index (χ4v) is 9.68. The number of esters is 1. The summed E-state index contributed by atoms with van der Waals surface area (Å²) in [5.74, 6) is -1.48. The number of aliphatic hydroxyl groups excluding tert-OH is 1. The number of rotatable bonds is 16. The van der Waals surface area contributed by atoms with Gasteiger partial charge in [0.2, 0.25) is 11.8 Å². The quantitative estimate of drug-likeness (QED) is 0.151. The molecule has 3 fully saturated rings. The van der Waals surface area contributed by atoms with Crippen LogP contribution < -0.4 is 0 Å². The maximum Gasteiger partial charge on any atom is 0.310 e. The van der Waals surface area contributed by atoms with Crippen LogP contribution in [0.5, 0.6) is 0 Å². The van der Waals surface area contributed by atoms with Gasteiger partial charge in [-0.3, -0.25) is 14.4 Å². The lowest BCUT2D eigenvalue weighted by Crippen LogP contribution is -2.60.